The molecule has 0 atom stereocenters. The number of aryl methyl sites for hydroxylation is 1. The van der Waals surface area contributed by atoms with E-state index in [1.165, 1.54) is 51.4 Å². The summed E-state index contributed by atoms with van der Waals surface area (Å²) in [7, 11) is 0. The maximum atomic E-state index is 5.66. The Kier molecular flexibility index (Phi) is 7.33. The summed E-state index contributed by atoms with van der Waals surface area (Å²) in [6.45, 7) is 3.23. The summed E-state index contributed by atoms with van der Waals surface area (Å²) < 4.78 is 2.83. The van der Waals surface area contributed by atoms with Crippen molar-refractivity contribution in [3.8, 4) is 0 Å². The monoisotopic (exact) mass is 301 g/mol. The molecule has 0 aromatic carbocycles. The highest BCUT2D eigenvalue weighted by molar-refractivity contribution is 9.10. The number of nitrogens with zero attached hydrogens (tertiary/aromatic N) is 2. The van der Waals surface area contributed by atoms with Gasteiger partial charge in [0.15, 0.2) is 5.82 Å². The van der Waals surface area contributed by atoms with E-state index in [0.717, 1.165) is 11.0 Å². The van der Waals surface area contributed by atoms with Crippen LogP contribution in [0.1, 0.15) is 58.3 Å². The second-order valence-electron chi connectivity index (χ2n) is 4.60. The Labute approximate surface area is 113 Å². The fraction of sp³-hybridized carbons (Fsp3) is 0.769. The molecule has 0 amide bonds. The van der Waals surface area contributed by atoms with Gasteiger partial charge in [0, 0.05) is 12.7 Å². The molecule has 0 bridgehead atoms. The third-order valence-electron chi connectivity index (χ3n) is 2.98. The van der Waals surface area contributed by atoms with Gasteiger partial charge in [0.1, 0.15) is 0 Å². The molecule has 0 fully saturated rings. The van der Waals surface area contributed by atoms with E-state index in [4.69, 9.17) is 5.73 Å². The quantitative estimate of drug-likeness (QED) is 0.688. The molecular formula is C13H24BrN3. The van der Waals surface area contributed by atoms with E-state index < -0.39 is 0 Å². The number of nitrogen functional groups attached to an aromatic ring is 1. The molecule has 0 aliphatic rings. The van der Waals surface area contributed by atoms with Gasteiger partial charge in [-0.3, -0.25) is 4.68 Å². The first kappa shape index (κ1) is 14.6. The lowest BCUT2D eigenvalue weighted by Crippen LogP contribution is -1.99. The van der Waals surface area contributed by atoms with Crippen LogP contribution in [0.4, 0.5) is 5.82 Å². The largest absolute Gasteiger partial charge is 0.381 e. The van der Waals surface area contributed by atoms with Crippen LogP contribution in [0.5, 0.6) is 0 Å². The standard InChI is InChI=1S/C13H24BrN3/c1-2-3-4-5-6-7-8-9-10-17-11-12(14)13(15)16-17/h11H,2-10H2,1H3,(H2,15,16). The summed E-state index contributed by atoms with van der Waals surface area (Å²) in [4.78, 5) is 0. The Morgan fingerprint density at radius 3 is 2.24 bits per heavy atom. The van der Waals surface area contributed by atoms with Crippen molar-refractivity contribution in [3.05, 3.63) is 10.7 Å². The second-order valence-corrected chi connectivity index (χ2v) is 5.45. The summed E-state index contributed by atoms with van der Waals surface area (Å²) in [6, 6.07) is 0. The average Bonchev–Trinajstić information content (AvgIpc) is 2.62. The van der Waals surface area contributed by atoms with E-state index in [9.17, 15) is 0 Å². The molecule has 3 nitrogen and oxygen atoms in total. The molecule has 0 aliphatic heterocycles. The predicted molar refractivity (Wildman–Crippen MR) is 76.9 cm³/mol. The first-order valence-electron chi connectivity index (χ1n) is 6.72. The lowest BCUT2D eigenvalue weighted by Gasteiger charge is -2.02. The Bertz CT molecular complexity index is 290. The molecule has 1 aromatic rings. The van der Waals surface area contributed by atoms with Crippen molar-refractivity contribution in [1.29, 1.82) is 0 Å². The van der Waals surface area contributed by atoms with E-state index in [1.807, 2.05) is 10.9 Å². The van der Waals surface area contributed by atoms with Crippen molar-refractivity contribution in [1.82, 2.24) is 9.78 Å². The maximum Gasteiger partial charge on any atom is 0.159 e. The van der Waals surface area contributed by atoms with Crippen LogP contribution in [-0.2, 0) is 6.54 Å². The van der Waals surface area contributed by atoms with Crippen molar-refractivity contribution in [2.75, 3.05) is 5.73 Å². The van der Waals surface area contributed by atoms with Crippen molar-refractivity contribution in [2.24, 2.45) is 0 Å². The number of unbranched alkanes of at least 4 members (excludes halogenated alkanes) is 7. The van der Waals surface area contributed by atoms with Crippen LogP contribution in [0.3, 0.4) is 0 Å². The van der Waals surface area contributed by atoms with Crippen molar-refractivity contribution in [2.45, 2.75) is 64.8 Å². The normalized spacial score (nSPS) is 10.9. The van der Waals surface area contributed by atoms with E-state index >= 15 is 0 Å². The number of anilines is 1. The first-order chi connectivity index (χ1) is 8.24. The maximum absolute atomic E-state index is 5.66. The fourth-order valence-electron chi connectivity index (χ4n) is 1.93. The minimum atomic E-state index is 0.588. The number of hydrogen-bond acceptors (Lipinski definition) is 2. The Balaban J connectivity index is 1.97. The molecule has 1 heterocycles. The molecule has 1 rings (SSSR count). The SMILES string of the molecule is CCCCCCCCCCn1cc(Br)c(N)n1. The van der Waals surface area contributed by atoms with Crippen molar-refractivity contribution in [3.63, 3.8) is 0 Å². The molecule has 0 aliphatic carbocycles. The van der Waals surface area contributed by atoms with Gasteiger partial charge in [-0.2, -0.15) is 5.10 Å². The Morgan fingerprint density at radius 2 is 1.71 bits per heavy atom. The highest BCUT2D eigenvalue weighted by atomic mass is 79.9. The summed E-state index contributed by atoms with van der Waals surface area (Å²) in [6.07, 6.45) is 12.7. The smallest absolute Gasteiger partial charge is 0.159 e. The van der Waals surface area contributed by atoms with Gasteiger partial charge in [0.25, 0.3) is 0 Å². The van der Waals surface area contributed by atoms with Crippen molar-refractivity contribution >= 4 is 21.7 Å². The van der Waals surface area contributed by atoms with Crippen LogP contribution in [0.2, 0.25) is 0 Å². The van der Waals surface area contributed by atoms with Gasteiger partial charge >= 0.3 is 0 Å². The average molecular weight is 302 g/mol. The van der Waals surface area contributed by atoms with Gasteiger partial charge in [-0.15, -0.1) is 0 Å². The number of hydrogen-bond donors (Lipinski definition) is 1. The fourth-order valence-corrected chi connectivity index (χ4v) is 2.25. The van der Waals surface area contributed by atoms with Crippen LogP contribution in [0.15, 0.2) is 10.7 Å². The molecule has 0 unspecified atom stereocenters. The number of rotatable bonds is 9. The van der Waals surface area contributed by atoms with Crippen molar-refractivity contribution < 1.29 is 0 Å². The summed E-state index contributed by atoms with van der Waals surface area (Å²) in [5, 5.41) is 4.22. The topological polar surface area (TPSA) is 43.8 Å². The summed E-state index contributed by atoms with van der Waals surface area (Å²) in [5.41, 5.74) is 5.66. The molecule has 2 N–H and O–H groups in total. The highest BCUT2D eigenvalue weighted by Crippen LogP contribution is 2.17. The first-order valence-corrected chi connectivity index (χ1v) is 7.51. The van der Waals surface area contributed by atoms with Gasteiger partial charge in [0.2, 0.25) is 0 Å². The number of halogens is 1. The molecule has 0 spiro atoms. The molecule has 0 radical (unpaired) electrons. The Hall–Kier alpha value is -0.510. The second kappa shape index (κ2) is 8.56. The lowest BCUT2D eigenvalue weighted by molar-refractivity contribution is 0.521. The van der Waals surface area contributed by atoms with Gasteiger partial charge in [-0.1, -0.05) is 51.9 Å². The van der Waals surface area contributed by atoms with E-state index in [0.29, 0.717) is 5.82 Å². The molecule has 98 valence electrons. The molecular weight excluding hydrogens is 278 g/mol. The molecule has 1 aromatic heterocycles. The highest BCUT2D eigenvalue weighted by Gasteiger charge is 2.01. The minimum Gasteiger partial charge on any atom is -0.381 e. The lowest BCUT2D eigenvalue weighted by atomic mass is 10.1. The third-order valence-corrected chi connectivity index (χ3v) is 3.59. The van der Waals surface area contributed by atoms with Crippen LogP contribution in [0.25, 0.3) is 0 Å². The number of aromatic nitrogens is 2. The third kappa shape index (κ3) is 6.10. The van der Waals surface area contributed by atoms with E-state index in [-0.39, 0.29) is 0 Å². The van der Waals surface area contributed by atoms with Gasteiger partial charge in [0.05, 0.1) is 4.47 Å². The zero-order valence-electron chi connectivity index (χ0n) is 10.8. The summed E-state index contributed by atoms with van der Waals surface area (Å²) in [5.74, 6) is 0.588. The minimum absolute atomic E-state index is 0.588. The van der Waals surface area contributed by atoms with Crippen LogP contribution < -0.4 is 5.73 Å². The van der Waals surface area contributed by atoms with E-state index in [2.05, 4.69) is 28.0 Å². The van der Waals surface area contributed by atoms with Gasteiger partial charge < -0.3 is 5.73 Å². The van der Waals surface area contributed by atoms with Crippen LogP contribution in [-0.4, -0.2) is 9.78 Å². The predicted octanol–water partition coefficient (Wildman–Crippen LogP) is 4.37. The zero-order valence-corrected chi connectivity index (χ0v) is 12.4. The molecule has 0 saturated carbocycles. The zero-order chi connectivity index (χ0) is 12.5. The molecule has 0 saturated heterocycles. The summed E-state index contributed by atoms with van der Waals surface area (Å²) >= 11 is 3.37. The van der Waals surface area contributed by atoms with Gasteiger partial charge in [-0.05, 0) is 22.4 Å². The number of nitrogens with two attached hydrogens (primary N) is 1. The van der Waals surface area contributed by atoms with Crippen LogP contribution in [0, 0.1) is 0 Å². The van der Waals surface area contributed by atoms with Crippen LogP contribution >= 0.6 is 15.9 Å². The van der Waals surface area contributed by atoms with E-state index in [1.54, 1.807) is 0 Å². The molecule has 17 heavy (non-hydrogen) atoms. The Morgan fingerprint density at radius 1 is 1.12 bits per heavy atom. The van der Waals surface area contributed by atoms with Gasteiger partial charge in [-0.25, -0.2) is 0 Å². The molecule has 4 heteroatoms.